The Bertz CT molecular complexity index is 494. The Morgan fingerprint density at radius 3 is 2.29 bits per heavy atom. The second-order valence-electron chi connectivity index (χ2n) is 5.14. The van der Waals surface area contributed by atoms with E-state index in [2.05, 4.69) is 50.2 Å². The van der Waals surface area contributed by atoms with Crippen LogP contribution in [0.1, 0.15) is 32.0 Å². The van der Waals surface area contributed by atoms with E-state index in [9.17, 15) is 0 Å². The molecule has 2 nitrogen and oxygen atoms in total. The molecule has 0 aliphatic rings. The molecule has 0 N–H and O–H groups in total. The van der Waals surface area contributed by atoms with Crippen LogP contribution < -0.4 is 0 Å². The second kappa shape index (κ2) is 4.53. The molecule has 0 spiro atoms. The van der Waals surface area contributed by atoms with Gasteiger partial charge in [-0.3, -0.25) is 0 Å². The summed E-state index contributed by atoms with van der Waals surface area (Å²) in [5.74, 6) is 1.14. The molecule has 0 radical (unpaired) electrons. The van der Waals surface area contributed by atoms with Gasteiger partial charge >= 0.3 is 0 Å². The maximum absolute atomic E-state index is 5.69. The van der Waals surface area contributed by atoms with Crippen LogP contribution in [0.5, 0.6) is 0 Å². The molecular formula is C14H16ClNO. The highest BCUT2D eigenvalue weighted by Crippen LogP contribution is 2.26. The summed E-state index contributed by atoms with van der Waals surface area (Å²) in [7, 11) is 0. The van der Waals surface area contributed by atoms with Crippen LogP contribution in [0, 0.1) is 0 Å². The lowest BCUT2D eigenvalue weighted by Crippen LogP contribution is -2.10. The average Bonchev–Trinajstić information content (AvgIpc) is 2.76. The first-order chi connectivity index (χ1) is 8.00. The van der Waals surface area contributed by atoms with Crippen molar-refractivity contribution in [1.29, 1.82) is 0 Å². The van der Waals surface area contributed by atoms with E-state index in [-0.39, 0.29) is 5.41 Å². The SMILES string of the molecule is CC(C)(C)c1ccc(-c2cc(CCl)no2)cc1. The van der Waals surface area contributed by atoms with Gasteiger partial charge in [0.1, 0.15) is 0 Å². The summed E-state index contributed by atoms with van der Waals surface area (Å²) < 4.78 is 5.23. The molecule has 0 amide bonds. The van der Waals surface area contributed by atoms with Crippen molar-refractivity contribution in [1.82, 2.24) is 5.16 Å². The largest absolute Gasteiger partial charge is 0.356 e. The molecule has 1 aromatic heterocycles. The number of benzene rings is 1. The van der Waals surface area contributed by atoms with E-state index in [1.807, 2.05) is 6.07 Å². The normalized spacial score (nSPS) is 11.8. The maximum atomic E-state index is 5.69. The Morgan fingerprint density at radius 2 is 1.82 bits per heavy atom. The van der Waals surface area contributed by atoms with Crippen molar-refractivity contribution in [2.24, 2.45) is 0 Å². The molecular weight excluding hydrogens is 234 g/mol. The van der Waals surface area contributed by atoms with E-state index in [1.165, 1.54) is 5.56 Å². The van der Waals surface area contributed by atoms with E-state index >= 15 is 0 Å². The molecule has 0 saturated carbocycles. The summed E-state index contributed by atoms with van der Waals surface area (Å²) in [5, 5.41) is 3.88. The number of hydrogen-bond acceptors (Lipinski definition) is 2. The summed E-state index contributed by atoms with van der Waals surface area (Å²) in [6.07, 6.45) is 0. The minimum absolute atomic E-state index is 0.168. The van der Waals surface area contributed by atoms with Crippen LogP contribution in [0.15, 0.2) is 34.9 Å². The number of rotatable bonds is 2. The summed E-state index contributed by atoms with van der Waals surface area (Å²) in [4.78, 5) is 0. The quantitative estimate of drug-likeness (QED) is 0.739. The van der Waals surface area contributed by atoms with Crippen LogP contribution in [0.2, 0.25) is 0 Å². The molecule has 2 rings (SSSR count). The molecule has 0 unspecified atom stereocenters. The molecule has 0 fully saturated rings. The van der Waals surface area contributed by atoms with Gasteiger partial charge in [-0.1, -0.05) is 50.2 Å². The molecule has 0 atom stereocenters. The van der Waals surface area contributed by atoms with Gasteiger partial charge in [0.05, 0.1) is 11.6 Å². The average molecular weight is 250 g/mol. The molecule has 3 heteroatoms. The van der Waals surface area contributed by atoms with E-state index in [1.54, 1.807) is 0 Å². The maximum Gasteiger partial charge on any atom is 0.167 e. The Morgan fingerprint density at radius 1 is 1.18 bits per heavy atom. The number of aromatic nitrogens is 1. The highest BCUT2D eigenvalue weighted by Gasteiger charge is 2.14. The van der Waals surface area contributed by atoms with Gasteiger partial charge in [0.25, 0.3) is 0 Å². The second-order valence-corrected chi connectivity index (χ2v) is 5.41. The molecule has 90 valence electrons. The van der Waals surface area contributed by atoms with E-state index in [0.29, 0.717) is 5.88 Å². The first-order valence-electron chi connectivity index (χ1n) is 5.63. The predicted octanol–water partition coefficient (Wildman–Crippen LogP) is 4.38. The van der Waals surface area contributed by atoms with Crippen LogP contribution in [0.3, 0.4) is 0 Å². The zero-order valence-corrected chi connectivity index (χ0v) is 11.1. The fourth-order valence-electron chi connectivity index (χ4n) is 1.65. The minimum atomic E-state index is 0.168. The summed E-state index contributed by atoms with van der Waals surface area (Å²) in [6.45, 7) is 6.59. The Balaban J connectivity index is 2.29. The smallest absolute Gasteiger partial charge is 0.167 e. The lowest BCUT2D eigenvalue weighted by molar-refractivity contribution is 0.426. The number of hydrogen-bond donors (Lipinski definition) is 0. The lowest BCUT2D eigenvalue weighted by atomic mass is 9.86. The molecule has 2 aromatic rings. The van der Waals surface area contributed by atoms with Gasteiger partial charge in [-0.15, -0.1) is 11.6 Å². The monoisotopic (exact) mass is 249 g/mol. The van der Waals surface area contributed by atoms with Gasteiger partial charge in [0, 0.05) is 11.6 Å². The van der Waals surface area contributed by atoms with E-state index < -0.39 is 0 Å². The van der Waals surface area contributed by atoms with Gasteiger partial charge in [-0.25, -0.2) is 0 Å². The van der Waals surface area contributed by atoms with Crippen molar-refractivity contribution >= 4 is 11.6 Å². The van der Waals surface area contributed by atoms with Crippen LogP contribution in [-0.4, -0.2) is 5.16 Å². The fourth-order valence-corrected chi connectivity index (χ4v) is 1.77. The first-order valence-corrected chi connectivity index (χ1v) is 6.16. The zero-order valence-electron chi connectivity index (χ0n) is 10.3. The topological polar surface area (TPSA) is 26.0 Å². The summed E-state index contributed by atoms with van der Waals surface area (Å²) >= 11 is 5.69. The fraction of sp³-hybridized carbons (Fsp3) is 0.357. The molecule has 0 aliphatic carbocycles. The Kier molecular flexibility index (Phi) is 3.25. The van der Waals surface area contributed by atoms with Crippen LogP contribution in [-0.2, 0) is 11.3 Å². The summed E-state index contributed by atoms with van der Waals surface area (Å²) in [6, 6.07) is 10.2. The molecule has 0 aliphatic heterocycles. The van der Waals surface area contributed by atoms with Crippen LogP contribution in [0.25, 0.3) is 11.3 Å². The van der Waals surface area contributed by atoms with Crippen LogP contribution >= 0.6 is 11.6 Å². The molecule has 17 heavy (non-hydrogen) atoms. The van der Waals surface area contributed by atoms with E-state index in [0.717, 1.165) is 17.0 Å². The van der Waals surface area contributed by atoms with Gasteiger partial charge < -0.3 is 4.52 Å². The third kappa shape index (κ3) is 2.70. The van der Waals surface area contributed by atoms with Crippen molar-refractivity contribution in [2.75, 3.05) is 0 Å². The van der Waals surface area contributed by atoms with Crippen molar-refractivity contribution in [3.05, 3.63) is 41.6 Å². The van der Waals surface area contributed by atoms with Crippen LogP contribution in [0.4, 0.5) is 0 Å². The van der Waals surface area contributed by atoms with Crippen molar-refractivity contribution < 1.29 is 4.52 Å². The lowest BCUT2D eigenvalue weighted by Gasteiger charge is -2.18. The number of alkyl halides is 1. The van der Waals surface area contributed by atoms with E-state index in [4.69, 9.17) is 16.1 Å². The van der Waals surface area contributed by atoms with Gasteiger partial charge in [0.2, 0.25) is 0 Å². The van der Waals surface area contributed by atoms with Gasteiger partial charge in [-0.05, 0) is 11.0 Å². The third-order valence-corrected chi connectivity index (χ3v) is 3.01. The van der Waals surface area contributed by atoms with Crippen molar-refractivity contribution in [3.63, 3.8) is 0 Å². The van der Waals surface area contributed by atoms with Gasteiger partial charge in [0.15, 0.2) is 5.76 Å². The highest BCUT2D eigenvalue weighted by molar-refractivity contribution is 6.16. The predicted molar refractivity (Wildman–Crippen MR) is 70.2 cm³/mol. The Labute approximate surface area is 107 Å². The molecule has 1 aromatic carbocycles. The zero-order chi connectivity index (χ0) is 12.5. The van der Waals surface area contributed by atoms with Crippen molar-refractivity contribution in [2.45, 2.75) is 32.1 Å². The summed E-state index contributed by atoms with van der Waals surface area (Å²) in [5.41, 5.74) is 3.27. The molecule has 1 heterocycles. The minimum Gasteiger partial charge on any atom is -0.356 e. The van der Waals surface area contributed by atoms with Gasteiger partial charge in [-0.2, -0.15) is 0 Å². The Hall–Kier alpha value is -1.28. The highest BCUT2D eigenvalue weighted by atomic mass is 35.5. The standard InChI is InChI=1S/C14H16ClNO/c1-14(2,3)11-6-4-10(5-7-11)13-8-12(9-15)16-17-13/h4-8H,9H2,1-3H3. The molecule has 0 bridgehead atoms. The number of nitrogens with zero attached hydrogens (tertiary/aromatic N) is 1. The first kappa shape index (κ1) is 12.2. The van der Waals surface area contributed by atoms with Crippen molar-refractivity contribution in [3.8, 4) is 11.3 Å². The third-order valence-electron chi connectivity index (χ3n) is 2.73. The number of halogens is 1. The molecule has 0 saturated heterocycles.